The van der Waals surface area contributed by atoms with Gasteiger partial charge in [-0.2, -0.15) is 0 Å². The van der Waals surface area contributed by atoms with Crippen LogP contribution in [0.4, 0.5) is 0 Å². The normalized spacial score (nSPS) is 10.9. The molecule has 19 aromatic rings. The van der Waals surface area contributed by atoms with Gasteiger partial charge in [-0.1, -0.05) is 411 Å². The van der Waals surface area contributed by atoms with Crippen LogP contribution < -0.4 is 9.47 Å². The molecule has 0 amide bonds. The fraction of sp³-hybridized carbons (Fsp3) is 0.0880. The molecule has 19 aromatic carbocycles. The second kappa shape index (κ2) is 42.7. The maximum Gasteiger partial charge on any atom is 0.164 e. The van der Waals surface area contributed by atoms with E-state index < -0.39 is 0 Å². The van der Waals surface area contributed by atoms with E-state index in [-0.39, 0.29) is 0 Å². The van der Waals surface area contributed by atoms with Gasteiger partial charge < -0.3 is 9.47 Å². The minimum absolute atomic E-state index is 0.663. The van der Waals surface area contributed by atoms with Gasteiger partial charge in [0.1, 0.15) is 13.2 Å². The van der Waals surface area contributed by atoms with Crippen LogP contribution in [0.15, 0.2) is 467 Å². The zero-order chi connectivity index (χ0) is 87.6. The van der Waals surface area contributed by atoms with Gasteiger partial charge in [0, 0.05) is 0 Å². The minimum atomic E-state index is 0.663. The van der Waals surface area contributed by atoms with Crippen molar-refractivity contribution >= 4 is 0 Å². The minimum Gasteiger partial charge on any atom is -0.486 e. The Morgan fingerprint density at radius 1 is 0.142 bits per heavy atom. The second-order valence-electron chi connectivity index (χ2n) is 32.7. The van der Waals surface area contributed by atoms with Crippen LogP contribution >= 0.6 is 0 Å². The van der Waals surface area contributed by atoms with E-state index in [1.165, 1.54) is 189 Å². The molecule has 2 nitrogen and oxygen atoms in total. The number of aryl methyl sites for hydroxylation is 7. The van der Waals surface area contributed by atoms with Crippen LogP contribution in [0, 0.1) is 62.3 Å². The fourth-order valence-electron chi connectivity index (χ4n) is 16.3. The van der Waals surface area contributed by atoms with Gasteiger partial charge in [0.05, 0.1) is 0 Å². The van der Waals surface area contributed by atoms with E-state index >= 15 is 0 Å². The smallest absolute Gasteiger partial charge is 0.164 e. The van der Waals surface area contributed by atoms with Crippen LogP contribution in [0.3, 0.4) is 0 Å². The van der Waals surface area contributed by atoms with Crippen molar-refractivity contribution in [3.8, 4) is 156 Å². The number of fused-ring (bicyclic) bond motifs is 1. The summed E-state index contributed by atoms with van der Waals surface area (Å²) in [6, 6.07) is 166. The van der Waals surface area contributed by atoms with E-state index in [2.05, 4.69) is 504 Å². The summed E-state index contributed by atoms with van der Waals surface area (Å²) in [5.41, 5.74) is 44.4. The van der Waals surface area contributed by atoms with Gasteiger partial charge in [-0.25, -0.2) is 0 Å². The van der Waals surface area contributed by atoms with Gasteiger partial charge in [-0.15, -0.1) is 0 Å². The number of benzene rings is 19. The largest absolute Gasteiger partial charge is 0.486 e. The van der Waals surface area contributed by atoms with Crippen LogP contribution in [0.5, 0.6) is 11.5 Å². The summed E-state index contributed by atoms with van der Waals surface area (Å²) in [7, 11) is 0. The molecule has 0 saturated carbocycles. The highest BCUT2D eigenvalue weighted by Crippen LogP contribution is 2.41. The molecule has 0 fully saturated rings. The molecule has 2 heteroatoms. The standard InChI is InChI=1S/C31H24.3C25H20.C10H14.C9H10O2/c1-23-18-30(28-16-8-14-26(20-28)24-10-4-2-5-11-24)22-31(19-23)29-17-9-15-27(21-29)25-12-6-3-7-13-25;1-19-24(21-13-7-3-8-14-21)17-23(20-11-5-2-6-12-20)18-25(19)22-15-9-4-10-16-22;1-19-9-8-14-22(15-19)25-17-23(20-10-4-2-5-11-20)16-24(18-25)21-12-6-3-7-13-21;1-19-12-14-22(15-13-19)25-17-23(20-8-4-2-5-9-20)16-24(18-25)21-10-6-3-7-11-21;1-7-5-8(2)10(4)9(3)6-7;1-7-3-2-4-8-9(7)11-6-5-10-8/h2-22H,1H3;3*2-18H,1H3;5-6H,1-4H3;2-4H,5-6H2,1H3. The highest BCUT2D eigenvalue weighted by molar-refractivity contribution is 5.87. The molecule has 0 aromatic heterocycles. The first-order chi connectivity index (χ1) is 62.2. The Bertz CT molecular complexity index is 6470. The number of hydrogen-bond acceptors (Lipinski definition) is 2. The lowest BCUT2D eigenvalue weighted by molar-refractivity contribution is 0.170. The van der Waals surface area contributed by atoms with E-state index in [0.29, 0.717) is 13.2 Å². The summed E-state index contributed by atoms with van der Waals surface area (Å²) in [6.07, 6.45) is 0. The number of rotatable bonds is 13. The van der Waals surface area contributed by atoms with E-state index in [1.54, 1.807) is 0 Å². The quantitative estimate of drug-likeness (QED) is 0.115. The summed E-state index contributed by atoms with van der Waals surface area (Å²) in [6.45, 7) is 20.6. The van der Waals surface area contributed by atoms with Crippen molar-refractivity contribution in [2.24, 2.45) is 0 Å². The Hall–Kier alpha value is -15.2. The van der Waals surface area contributed by atoms with Gasteiger partial charge in [-0.05, 0) is 313 Å². The first kappa shape index (κ1) is 86.7. The van der Waals surface area contributed by atoms with Crippen LogP contribution in [0.2, 0.25) is 0 Å². The highest BCUT2D eigenvalue weighted by Gasteiger charge is 2.17. The third-order valence-corrected chi connectivity index (χ3v) is 23.2. The van der Waals surface area contributed by atoms with E-state index in [4.69, 9.17) is 9.47 Å². The molecule has 620 valence electrons. The topological polar surface area (TPSA) is 18.5 Å². The highest BCUT2D eigenvalue weighted by atomic mass is 16.6. The maximum atomic E-state index is 5.43. The number of para-hydroxylation sites is 1. The molecule has 0 saturated heterocycles. The number of hydrogen-bond donors (Lipinski definition) is 0. The molecular formula is C125H108O2. The summed E-state index contributed by atoms with van der Waals surface area (Å²) >= 11 is 0. The van der Waals surface area contributed by atoms with Crippen LogP contribution in [-0.2, 0) is 0 Å². The first-order valence-electron chi connectivity index (χ1n) is 44.0. The molecule has 20 rings (SSSR count). The molecule has 0 bridgehead atoms. The molecule has 0 radical (unpaired) electrons. The summed E-state index contributed by atoms with van der Waals surface area (Å²) in [5, 5.41) is 0. The van der Waals surface area contributed by atoms with Crippen molar-refractivity contribution in [2.75, 3.05) is 13.2 Å². The number of ether oxygens (including phenoxy) is 2. The predicted octanol–water partition coefficient (Wildman–Crippen LogP) is 34.3. The monoisotopic (exact) mass is 1640 g/mol. The molecule has 0 atom stereocenters. The molecule has 1 heterocycles. The van der Waals surface area contributed by atoms with E-state index in [9.17, 15) is 0 Å². The van der Waals surface area contributed by atoms with Crippen molar-refractivity contribution < 1.29 is 9.47 Å². The second-order valence-corrected chi connectivity index (χ2v) is 32.7. The first-order valence-corrected chi connectivity index (χ1v) is 44.0. The third-order valence-electron chi connectivity index (χ3n) is 23.2. The zero-order valence-corrected chi connectivity index (χ0v) is 74.2. The van der Waals surface area contributed by atoms with Crippen molar-refractivity contribution in [1.82, 2.24) is 0 Å². The fourth-order valence-corrected chi connectivity index (χ4v) is 16.3. The SMILES string of the molecule is Cc1c(-c2ccccc2)cc(-c2ccccc2)cc1-c1ccccc1.Cc1cc(-c2cccc(-c3ccccc3)c2)cc(-c2cccc(-c3ccccc3)c2)c1.Cc1cc(C)c(C)c(C)c1.Cc1ccc(-c2cc(-c3ccccc3)cc(-c3ccccc3)c2)cc1.Cc1cccc(-c2cc(-c3ccccc3)cc(-c3ccccc3)c2)c1.Cc1cccc2c1OCCO2. The summed E-state index contributed by atoms with van der Waals surface area (Å²) in [4.78, 5) is 0. The summed E-state index contributed by atoms with van der Waals surface area (Å²) in [5.74, 6) is 1.77. The summed E-state index contributed by atoms with van der Waals surface area (Å²) < 4.78 is 10.8. The Morgan fingerprint density at radius 2 is 0.378 bits per heavy atom. The predicted molar refractivity (Wildman–Crippen MR) is 543 cm³/mol. The van der Waals surface area contributed by atoms with Crippen LogP contribution in [0.1, 0.15) is 50.1 Å². The van der Waals surface area contributed by atoms with Crippen molar-refractivity contribution in [1.29, 1.82) is 0 Å². The lowest BCUT2D eigenvalue weighted by Crippen LogP contribution is -2.15. The molecule has 0 spiro atoms. The average Bonchev–Trinajstić information content (AvgIpc) is 0.811. The van der Waals surface area contributed by atoms with E-state index in [1.807, 2.05) is 25.1 Å². The average molecular weight is 1640 g/mol. The Morgan fingerprint density at radius 3 is 0.717 bits per heavy atom. The molecule has 1 aliphatic heterocycles. The van der Waals surface area contributed by atoms with Crippen molar-refractivity contribution in [2.45, 2.75) is 62.3 Å². The van der Waals surface area contributed by atoms with Crippen molar-refractivity contribution in [3.05, 3.63) is 517 Å². The lowest BCUT2D eigenvalue weighted by atomic mass is 9.88. The molecule has 1 aliphatic rings. The van der Waals surface area contributed by atoms with Gasteiger partial charge in [0.2, 0.25) is 0 Å². The Kier molecular flexibility index (Phi) is 29.2. The molecule has 0 aliphatic carbocycles. The maximum absolute atomic E-state index is 5.43. The van der Waals surface area contributed by atoms with Gasteiger partial charge in [-0.3, -0.25) is 0 Å². The van der Waals surface area contributed by atoms with Crippen molar-refractivity contribution in [3.63, 3.8) is 0 Å². The van der Waals surface area contributed by atoms with Crippen LogP contribution in [-0.4, -0.2) is 13.2 Å². The van der Waals surface area contributed by atoms with Gasteiger partial charge >= 0.3 is 0 Å². The van der Waals surface area contributed by atoms with Gasteiger partial charge in [0.25, 0.3) is 0 Å². The zero-order valence-electron chi connectivity index (χ0n) is 74.2. The van der Waals surface area contributed by atoms with E-state index in [0.717, 1.165) is 17.1 Å². The molecule has 0 unspecified atom stereocenters. The third kappa shape index (κ3) is 23.2. The lowest BCUT2D eigenvalue weighted by Gasteiger charge is -2.19. The molecule has 0 N–H and O–H groups in total. The molecule has 127 heavy (non-hydrogen) atoms. The van der Waals surface area contributed by atoms with Gasteiger partial charge in [0.15, 0.2) is 11.5 Å². The Labute approximate surface area is 753 Å². The Balaban J connectivity index is 0.000000121. The van der Waals surface area contributed by atoms with Crippen LogP contribution in [0.25, 0.3) is 145 Å². The molecular weight excluding hydrogens is 1530 g/mol.